The Balaban J connectivity index is 2.00. The van der Waals surface area contributed by atoms with Crippen molar-refractivity contribution >= 4 is 11.3 Å². The molecule has 3 nitrogen and oxygen atoms in total. The predicted octanol–water partition coefficient (Wildman–Crippen LogP) is 2.68. The number of hydrogen-bond donors (Lipinski definition) is 1. The first-order valence-corrected chi connectivity index (χ1v) is 6.59. The molecule has 0 atom stereocenters. The number of para-hydroxylation sites is 2. The zero-order valence-electron chi connectivity index (χ0n) is 10.6. The van der Waals surface area contributed by atoms with E-state index in [2.05, 4.69) is 11.8 Å². The minimum atomic E-state index is -0.120. The lowest BCUT2D eigenvalue weighted by Crippen LogP contribution is -1.95. The molecule has 0 bridgehead atoms. The number of ether oxygens (including phenoxy) is 2. The maximum absolute atomic E-state index is 8.64. The maximum Gasteiger partial charge on any atom is 0.161 e. The smallest absolute Gasteiger partial charge is 0.161 e. The normalized spacial score (nSPS) is 9.58. The van der Waals surface area contributed by atoms with Crippen molar-refractivity contribution in [2.45, 2.75) is 6.61 Å². The largest absolute Gasteiger partial charge is 0.493 e. The van der Waals surface area contributed by atoms with Gasteiger partial charge in [-0.3, -0.25) is 0 Å². The zero-order valence-corrected chi connectivity index (χ0v) is 11.4. The van der Waals surface area contributed by atoms with Crippen molar-refractivity contribution in [3.63, 3.8) is 0 Å². The summed E-state index contributed by atoms with van der Waals surface area (Å²) in [5.41, 5.74) is 0. The van der Waals surface area contributed by atoms with Gasteiger partial charge in [0.05, 0.1) is 12.0 Å². The van der Waals surface area contributed by atoms with Crippen molar-refractivity contribution in [1.82, 2.24) is 0 Å². The summed E-state index contributed by atoms with van der Waals surface area (Å²) in [6, 6.07) is 11.4. The monoisotopic (exact) mass is 274 g/mol. The minimum Gasteiger partial charge on any atom is -0.493 e. The lowest BCUT2D eigenvalue weighted by molar-refractivity contribution is 0.287. The van der Waals surface area contributed by atoms with Crippen LogP contribution in [0.25, 0.3) is 0 Å². The average Bonchev–Trinajstić information content (AvgIpc) is 2.91. The molecule has 1 heterocycles. The van der Waals surface area contributed by atoms with Gasteiger partial charge in [0.2, 0.25) is 0 Å². The van der Waals surface area contributed by atoms with Crippen molar-refractivity contribution in [3.05, 3.63) is 46.2 Å². The third kappa shape index (κ3) is 3.75. The van der Waals surface area contributed by atoms with Gasteiger partial charge < -0.3 is 14.6 Å². The molecule has 0 aliphatic rings. The molecule has 98 valence electrons. The maximum atomic E-state index is 8.64. The number of methoxy groups -OCH3 is 1. The van der Waals surface area contributed by atoms with Crippen LogP contribution in [0.3, 0.4) is 0 Å². The van der Waals surface area contributed by atoms with Gasteiger partial charge in [-0.1, -0.05) is 24.0 Å². The molecule has 0 amide bonds. The van der Waals surface area contributed by atoms with Crippen LogP contribution in [0.4, 0.5) is 0 Å². The molecule has 0 fully saturated rings. The second-order valence-corrected chi connectivity index (χ2v) is 4.83. The van der Waals surface area contributed by atoms with Gasteiger partial charge in [0.25, 0.3) is 0 Å². The second kappa shape index (κ2) is 6.83. The summed E-state index contributed by atoms with van der Waals surface area (Å²) in [5, 5.41) is 8.64. The van der Waals surface area contributed by atoms with Crippen molar-refractivity contribution in [2.75, 3.05) is 13.7 Å². The molecule has 1 N–H and O–H groups in total. The number of rotatable bonds is 4. The lowest BCUT2D eigenvalue weighted by atomic mass is 10.3. The summed E-state index contributed by atoms with van der Waals surface area (Å²) in [5.74, 6) is 6.94. The fourth-order valence-electron chi connectivity index (χ4n) is 1.54. The first kappa shape index (κ1) is 13.5. The van der Waals surface area contributed by atoms with Crippen molar-refractivity contribution in [3.8, 4) is 23.3 Å². The zero-order chi connectivity index (χ0) is 13.5. The minimum absolute atomic E-state index is 0.120. The fourth-order valence-corrected chi connectivity index (χ4v) is 2.33. The summed E-state index contributed by atoms with van der Waals surface area (Å²) < 4.78 is 10.9. The van der Waals surface area contributed by atoms with E-state index in [0.717, 1.165) is 21.3 Å². The molecule has 0 aliphatic heterocycles. The number of aliphatic hydroxyl groups is 1. The lowest BCUT2D eigenvalue weighted by Gasteiger charge is -2.08. The van der Waals surface area contributed by atoms with E-state index in [-0.39, 0.29) is 6.61 Å². The molecular formula is C15H14O3S. The summed E-state index contributed by atoms with van der Waals surface area (Å²) in [4.78, 5) is 2.00. The first-order chi connectivity index (χ1) is 9.33. The van der Waals surface area contributed by atoms with Crippen LogP contribution in [0, 0.1) is 11.8 Å². The Morgan fingerprint density at radius 2 is 1.95 bits per heavy atom. The van der Waals surface area contributed by atoms with Crippen molar-refractivity contribution in [2.24, 2.45) is 0 Å². The Hall–Kier alpha value is -1.96. The third-order valence-corrected chi connectivity index (χ3v) is 3.37. The molecule has 0 unspecified atom stereocenters. The van der Waals surface area contributed by atoms with Crippen LogP contribution in [0.15, 0.2) is 36.4 Å². The summed E-state index contributed by atoms with van der Waals surface area (Å²) in [6.45, 7) is 0.358. The van der Waals surface area contributed by atoms with Gasteiger partial charge in [-0.05, 0) is 24.3 Å². The number of thiophene rings is 1. The molecule has 2 rings (SSSR count). The van der Waals surface area contributed by atoms with Gasteiger partial charge in [0.1, 0.15) is 13.2 Å². The highest BCUT2D eigenvalue weighted by atomic mass is 32.1. The Kier molecular flexibility index (Phi) is 4.85. The summed E-state index contributed by atoms with van der Waals surface area (Å²) in [6.07, 6.45) is 0. The van der Waals surface area contributed by atoms with Crippen LogP contribution < -0.4 is 9.47 Å². The number of benzene rings is 1. The van der Waals surface area contributed by atoms with E-state index in [4.69, 9.17) is 14.6 Å². The average molecular weight is 274 g/mol. The second-order valence-electron chi connectivity index (χ2n) is 3.67. The van der Waals surface area contributed by atoms with Crippen LogP contribution >= 0.6 is 11.3 Å². The van der Waals surface area contributed by atoms with Gasteiger partial charge in [0.15, 0.2) is 11.5 Å². The predicted molar refractivity (Wildman–Crippen MR) is 75.6 cm³/mol. The van der Waals surface area contributed by atoms with E-state index >= 15 is 0 Å². The third-order valence-electron chi connectivity index (χ3n) is 2.39. The molecule has 2 aromatic rings. The Morgan fingerprint density at radius 1 is 1.16 bits per heavy atom. The van der Waals surface area contributed by atoms with Crippen LogP contribution in [0.2, 0.25) is 0 Å². The molecule has 0 saturated carbocycles. The number of hydrogen-bond acceptors (Lipinski definition) is 4. The van der Waals surface area contributed by atoms with Crippen molar-refractivity contribution < 1.29 is 14.6 Å². The topological polar surface area (TPSA) is 38.7 Å². The van der Waals surface area contributed by atoms with Gasteiger partial charge >= 0.3 is 0 Å². The van der Waals surface area contributed by atoms with Crippen LogP contribution in [-0.4, -0.2) is 18.8 Å². The van der Waals surface area contributed by atoms with Crippen LogP contribution in [0.5, 0.6) is 11.5 Å². The molecule has 0 saturated heterocycles. The molecule has 4 heteroatoms. The summed E-state index contributed by atoms with van der Waals surface area (Å²) in [7, 11) is 1.62. The molecule has 0 radical (unpaired) electrons. The van der Waals surface area contributed by atoms with E-state index in [1.54, 1.807) is 18.4 Å². The highest BCUT2D eigenvalue weighted by Gasteiger charge is 2.04. The highest BCUT2D eigenvalue weighted by Crippen LogP contribution is 2.27. The Labute approximate surface area is 116 Å². The van der Waals surface area contributed by atoms with Gasteiger partial charge in [-0.2, -0.15) is 0 Å². The van der Waals surface area contributed by atoms with Crippen LogP contribution in [-0.2, 0) is 6.61 Å². The summed E-state index contributed by atoms with van der Waals surface area (Å²) >= 11 is 1.55. The highest BCUT2D eigenvalue weighted by molar-refractivity contribution is 7.12. The van der Waals surface area contributed by atoms with Gasteiger partial charge in [-0.15, -0.1) is 11.3 Å². The molecular weight excluding hydrogens is 260 g/mol. The van der Waals surface area contributed by atoms with Gasteiger partial charge in [0, 0.05) is 4.88 Å². The molecule has 1 aromatic heterocycles. The fraction of sp³-hybridized carbons (Fsp3) is 0.200. The quantitative estimate of drug-likeness (QED) is 0.871. The number of aliphatic hydroxyl groups excluding tert-OH is 1. The molecule has 0 aliphatic carbocycles. The molecule has 19 heavy (non-hydrogen) atoms. The Morgan fingerprint density at radius 3 is 2.68 bits per heavy atom. The Bertz CT molecular complexity index is 593. The van der Waals surface area contributed by atoms with E-state index in [9.17, 15) is 0 Å². The standard InChI is InChI=1S/C15H14O3S/c1-17-14-6-2-3-7-15(14)18-11-13-9-8-12(19-13)5-4-10-16/h2-3,6-9,16H,10-11H2,1H3. The van der Waals surface area contributed by atoms with Gasteiger partial charge in [-0.25, -0.2) is 0 Å². The first-order valence-electron chi connectivity index (χ1n) is 5.77. The SMILES string of the molecule is COc1ccccc1OCc1ccc(C#CCO)s1. The van der Waals surface area contributed by atoms with E-state index < -0.39 is 0 Å². The van der Waals surface area contributed by atoms with Crippen LogP contribution in [0.1, 0.15) is 9.75 Å². The molecule has 0 spiro atoms. The van der Waals surface area contributed by atoms with E-state index in [1.807, 2.05) is 36.4 Å². The van der Waals surface area contributed by atoms with E-state index in [1.165, 1.54) is 0 Å². The van der Waals surface area contributed by atoms with Crippen molar-refractivity contribution in [1.29, 1.82) is 0 Å². The van der Waals surface area contributed by atoms with E-state index in [0.29, 0.717) is 6.61 Å². The molecule has 1 aromatic carbocycles.